The van der Waals surface area contributed by atoms with Crippen LogP contribution in [0.15, 0.2) is 24.4 Å². The second-order valence-corrected chi connectivity index (χ2v) is 3.56. The standard InChI is InChI=1S/C9H12ClN3O/c10-5-3-7-13-9(14)12-6-2-1-4-8(12)11-13/h1-2,4,6,8,11H,3,5,7H2. The van der Waals surface area contributed by atoms with Crippen molar-refractivity contribution < 1.29 is 4.79 Å². The average molecular weight is 214 g/mol. The molecule has 14 heavy (non-hydrogen) atoms. The average Bonchev–Trinajstić information content (AvgIpc) is 2.54. The van der Waals surface area contributed by atoms with Gasteiger partial charge in [-0.3, -0.25) is 9.91 Å². The van der Waals surface area contributed by atoms with Crippen LogP contribution >= 0.6 is 11.6 Å². The molecule has 2 heterocycles. The molecule has 1 atom stereocenters. The smallest absolute Gasteiger partial charge is 0.279 e. The highest BCUT2D eigenvalue weighted by Crippen LogP contribution is 2.16. The van der Waals surface area contributed by atoms with Crippen LogP contribution in [-0.4, -0.2) is 34.5 Å². The molecule has 4 nitrogen and oxygen atoms in total. The summed E-state index contributed by atoms with van der Waals surface area (Å²) >= 11 is 5.57. The van der Waals surface area contributed by atoms with E-state index in [9.17, 15) is 4.79 Å². The zero-order valence-electron chi connectivity index (χ0n) is 7.69. The second-order valence-electron chi connectivity index (χ2n) is 3.18. The molecular weight excluding hydrogens is 202 g/mol. The third-order valence-corrected chi connectivity index (χ3v) is 2.47. The predicted molar refractivity (Wildman–Crippen MR) is 54.5 cm³/mol. The Kier molecular flexibility index (Phi) is 2.74. The number of hydrazine groups is 1. The first-order chi connectivity index (χ1) is 6.83. The minimum Gasteiger partial charge on any atom is -0.279 e. The van der Waals surface area contributed by atoms with Crippen LogP contribution in [0.5, 0.6) is 0 Å². The van der Waals surface area contributed by atoms with Crippen molar-refractivity contribution >= 4 is 17.6 Å². The van der Waals surface area contributed by atoms with Gasteiger partial charge in [0.05, 0.1) is 0 Å². The van der Waals surface area contributed by atoms with Gasteiger partial charge in [0.15, 0.2) is 0 Å². The number of nitrogens with zero attached hydrogens (tertiary/aromatic N) is 2. The molecule has 76 valence electrons. The van der Waals surface area contributed by atoms with E-state index in [4.69, 9.17) is 11.6 Å². The molecule has 0 aromatic carbocycles. The first kappa shape index (κ1) is 9.55. The number of allylic oxidation sites excluding steroid dienone is 2. The Morgan fingerprint density at radius 3 is 3.07 bits per heavy atom. The van der Waals surface area contributed by atoms with Crippen LogP contribution in [0.4, 0.5) is 4.79 Å². The highest BCUT2D eigenvalue weighted by molar-refractivity contribution is 6.17. The van der Waals surface area contributed by atoms with E-state index < -0.39 is 0 Å². The van der Waals surface area contributed by atoms with E-state index in [1.165, 1.54) is 0 Å². The van der Waals surface area contributed by atoms with Crippen LogP contribution in [0, 0.1) is 0 Å². The van der Waals surface area contributed by atoms with Gasteiger partial charge in [-0.15, -0.1) is 11.6 Å². The summed E-state index contributed by atoms with van der Waals surface area (Å²) in [5.41, 5.74) is 3.09. The molecular formula is C9H12ClN3O. The Labute approximate surface area is 87.8 Å². The van der Waals surface area contributed by atoms with Crippen molar-refractivity contribution in [1.29, 1.82) is 0 Å². The van der Waals surface area contributed by atoms with E-state index in [1.54, 1.807) is 16.1 Å². The van der Waals surface area contributed by atoms with Crippen molar-refractivity contribution in [2.24, 2.45) is 0 Å². The number of alkyl halides is 1. The number of carbonyl (C=O) groups excluding carboxylic acids is 1. The Hall–Kier alpha value is -1.00. The van der Waals surface area contributed by atoms with Crippen molar-refractivity contribution in [3.63, 3.8) is 0 Å². The fourth-order valence-corrected chi connectivity index (χ4v) is 1.64. The maximum Gasteiger partial charge on any atom is 0.340 e. The van der Waals surface area contributed by atoms with Gasteiger partial charge in [0.25, 0.3) is 0 Å². The van der Waals surface area contributed by atoms with E-state index in [0.717, 1.165) is 6.42 Å². The van der Waals surface area contributed by atoms with E-state index in [1.807, 2.05) is 18.2 Å². The molecule has 0 bridgehead atoms. The summed E-state index contributed by atoms with van der Waals surface area (Å²) in [6, 6.07) is -0.0132. The third kappa shape index (κ3) is 1.63. The summed E-state index contributed by atoms with van der Waals surface area (Å²) in [7, 11) is 0. The number of hydrogen-bond acceptors (Lipinski definition) is 2. The Morgan fingerprint density at radius 1 is 1.50 bits per heavy atom. The van der Waals surface area contributed by atoms with Crippen LogP contribution in [0.25, 0.3) is 0 Å². The summed E-state index contributed by atoms with van der Waals surface area (Å²) < 4.78 is 0. The number of halogens is 1. The lowest BCUT2D eigenvalue weighted by molar-refractivity contribution is 0.192. The fraction of sp³-hybridized carbons (Fsp3) is 0.444. The molecule has 0 radical (unpaired) electrons. The van der Waals surface area contributed by atoms with Crippen LogP contribution in [0.1, 0.15) is 6.42 Å². The molecule has 1 unspecified atom stereocenters. The molecule has 2 aliphatic rings. The largest absolute Gasteiger partial charge is 0.340 e. The fourth-order valence-electron chi connectivity index (χ4n) is 1.52. The summed E-state index contributed by atoms with van der Waals surface area (Å²) in [6.45, 7) is 0.650. The van der Waals surface area contributed by atoms with Crippen molar-refractivity contribution in [2.45, 2.75) is 12.6 Å². The molecule has 0 aliphatic carbocycles. The molecule has 5 heteroatoms. The zero-order chi connectivity index (χ0) is 9.97. The first-order valence-corrected chi connectivity index (χ1v) is 5.13. The number of carbonyl (C=O) groups is 1. The van der Waals surface area contributed by atoms with Gasteiger partial charge in [0, 0.05) is 18.6 Å². The van der Waals surface area contributed by atoms with Crippen molar-refractivity contribution in [3.8, 4) is 0 Å². The van der Waals surface area contributed by atoms with Crippen molar-refractivity contribution in [3.05, 3.63) is 24.4 Å². The van der Waals surface area contributed by atoms with Gasteiger partial charge in [-0.05, 0) is 18.6 Å². The van der Waals surface area contributed by atoms with Crippen molar-refractivity contribution in [1.82, 2.24) is 15.3 Å². The van der Waals surface area contributed by atoms with Gasteiger partial charge in [0.1, 0.15) is 6.17 Å². The van der Waals surface area contributed by atoms with E-state index in [0.29, 0.717) is 12.4 Å². The summed E-state index contributed by atoms with van der Waals surface area (Å²) in [5, 5.41) is 1.60. The molecule has 1 N–H and O–H groups in total. The van der Waals surface area contributed by atoms with Crippen LogP contribution in [-0.2, 0) is 0 Å². The zero-order valence-corrected chi connectivity index (χ0v) is 8.44. The molecule has 0 spiro atoms. The molecule has 0 saturated carbocycles. The predicted octanol–water partition coefficient (Wildman–Crippen LogP) is 1.27. The number of urea groups is 1. The van der Waals surface area contributed by atoms with Crippen LogP contribution in [0.3, 0.4) is 0 Å². The Bertz CT molecular complexity index is 290. The number of fused-ring (bicyclic) bond motifs is 1. The number of amides is 2. The highest BCUT2D eigenvalue weighted by atomic mass is 35.5. The SMILES string of the molecule is O=C1N(CCCCl)NC2C=CC=CN12. The van der Waals surface area contributed by atoms with E-state index in [-0.39, 0.29) is 12.2 Å². The maximum absolute atomic E-state index is 11.7. The number of hydrogen-bond donors (Lipinski definition) is 1. The summed E-state index contributed by atoms with van der Waals surface area (Å²) in [4.78, 5) is 13.4. The summed E-state index contributed by atoms with van der Waals surface area (Å²) in [5.74, 6) is 0.571. The van der Waals surface area contributed by atoms with Crippen LogP contribution in [0.2, 0.25) is 0 Å². The van der Waals surface area contributed by atoms with Crippen molar-refractivity contribution in [2.75, 3.05) is 12.4 Å². The molecule has 1 fully saturated rings. The quantitative estimate of drug-likeness (QED) is 0.717. The first-order valence-electron chi connectivity index (χ1n) is 4.60. The lowest BCUT2D eigenvalue weighted by atomic mass is 10.3. The normalized spacial score (nSPS) is 24.6. The highest BCUT2D eigenvalue weighted by Gasteiger charge is 2.34. The van der Waals surface area contributed by atoms with Gasteiger partial charge in [-0.25, -0.2) is 10.2 Å². The van der Waals surface area contributed by atoms with E-state index >= 15 is 0 Å². The summed E-state index contributed by atoms with van der Waals surface area (Å²) in [6.07, 6.45) is 8.27. The minimum absolute atomic E-state index is 0.0132. The Morgan fingerprint density at radius 2 is 2.36 bits per heavy atom. The molecule has 2 rings (SSSR count). The minimum atomic E-state index is -0.0252. The van der Waals surface area contributed by atoms with Gasteiger partial charge in [-0.2, -0.15) is 0 Å². The lowest BCUT2D eigenvalue weighted by Crippen LogP contribution is -2.37. The monoisotopic (exact) mass is 213 g/mol. The molecule has 2 amide bonds. The van der Waals surface area contributed by atoms with Gasteiger partial charge < -0.3 is 0 Å². The molecule has 0 aromatic heterocycles. The van der Waals surface area contributed by atoms with Gasteiger partial charge in [-0.1, -0.05) is 6.08 Å². The van der Waals surface area contributed by atoms with Gasteiger partial charge in [0.2, 0.25) is 0 Å². The molecule has 1 saturated heterocycles. The van der Waals surface area contributed by atoms with E-state index in [2.05, 4.69) is 5.43 Å². The maximum atomic E-state index is 11.7. The number of rotatable bonds is 3. The molecule has 0 aromatic rings. The molecule has 2 aliphatic heterocycles. The Balaban J connectivity index is 2.01. The van der Waals surface area contributed by atoms with Crippen LogP contribution < -0.4 is 5.43 Å². The second kappa shape index (κ2) is 4.02. The topological polar surface area (TPSA) is 35.6 Å². The number of nitrogens with one attached hydrogen (secondary N) is 1. The lowest BCUT2D eigenvalue weighted by Gasteiger charge is -2.16. The third-order valence-electron chi connectivity index (χ3n) is 2.21. The van der Waals surface area contributed by atoms with Gasteiger partial charge >= 0.3 is 6.03 Å².